The lowest BCUT2D eigenvalue weighted by Gasteiger charge is -2.19. The van der Waals surface area contributed by atoms with Gasteiger partial charge in [0.05, 0.1) is 11.5 Å². The standard InChI is InChI=1S/C17H19N4O4P/c22-21(23)17-5-4-14(11-15(17)12-16-3-1-2-6-18-16)13-25-26(24,19-7-8-19)20-9-10-20/h1-6,11H,7-10,12-13H2. The van der Waals surface area contributed by atoms with E-state index in [9.17, 15) is 14.7 Å². The molecule has 0 spiro atoms. The van der Waals surface area contributed by atoms with Gasteiger partial charge in [-0.2, -0.15) is 0 Å². The molecule has 0 N–H and O–H groups in total. The Morgan fingerprint density at radius 1 is 1.15 bits per heavy atom. The lowest BCUT2D eigenvalue weighted by atomic mass is 10.0. The number of benzene rings is 1. The van der Waals surface area contributed by atoms with Crippen molar-refractivity contribution in [2.75, 3.05) is 26.2 Å². The highest BCUT2D eigenvalue weighted by atomic mass is 31.2. The van der Waals surface area contributed by atoms with Gasteiger partial charge in [0.15, 0.2) is 0 Å². The predicted molar refractivity (Wildman–Crippen MR) is 95.7 cm³/mol. The lowest BCUT2D eigenvalue weighted by molar-refractivity contribution is -0.385. The molecule has 26 heavy (non-hydrogen) atoms. The van der Waals surface area contributed by atoms with E-state index in [1.165, 1.54) is 6.07 Å². The highest BCUT2D eigenvalue weighted by Crippen LogP contribution is 2.61. The minimum absolute atomic E-state index is 0.0551. The van der Waals surface area contributed by atoms with Crippen LogP contribution in [0.1, 0.15) is 16.8 Å². The summed E-state index contributed by atoms with van der Waals surface area (Å²) in [7, 11) is -2.90. The molecular weight excluding hydrogens is 355 g/mol. The summed E-state index contributed by atoms with van der Waals surface area (Å²) >= 11 is 0. The molecule has 0 saturated carbocycles. The number of nitro groups is 1. The van der Waals surface area contributed by atoms with E-state index in [1.54, 1.807) is 24.4 Å². The molecule has 2 saturated heterocycles. The predicted octanol–water partition coefficient (Wildman–Crippen LogP) is 2.84. The van der Waals surface area contributed by atoms with Crippen LogP contribution in [0.5, 0.6) is 0 Å². The molecule has 2 aliphatic rings. The zero-order valence-corrected chi connectivity index (χ0v) is 15.0. The van der Waals surface area contributed by atoms with Crippen molar-refractivity contribution >= 4 is 13.4 Å². The van der Waals surface area contributed by atoms with Crippen LogP contribution in [-0.2, 0) is 22.1 Å². The normalized spacial score (nSPS) is 17.2. The summed E-state index contributed by atoms with van der Waals surface area (Å²) in [5.41, 5.74) is 2.15. The summed E-state index contributed by atoms with van der Waals surface area (Å²) in [6.45, 7) is 3.33. The topological polar surface area (TPSA) is 88.4 Å². The van der Waals surface area contributed by atoms with Crippen LogP contribution in [-0.4, -0.2) is 45.4 Å². The van der Waals surface area contributed by atoms with Crippen molar-refractivity contribution in [3.63, 3.8) is 0 Å². The minimum Gasteiger partial charge on any atom is -0.301 e. The molecule has 0 amide bonds. The van der Waals surface area contributed by atoms with Crippen molar-refractivity contribution in [3.05, 3.63) is 69.5 Å². The number of nitrogens with zero attached hydrogens (tertiary/aromatic N) is 4. The van der Waals surface area contributed by atoms with Crippen molar-refractivity contribution < 1.29 is 14.0 Å². The molecule has 1 aromatic carbocycles. The SMILES string of the molecule is O=[N+]([O-])c1ccc(COP(=O)(N2CC2)N2CC2)cc1Cc1ccccn1. The van der Waals surface area contributed by atoms with E-state index >= 15 is 0 Å². The first-order chi connectivity index (χ1) is 12.6. The lowest BCUT2D eigenvalue weighted by Crippen LogP contribution is -2.08. The number of pyridine rings is 1. The number of rotatable bonds is 8. The Bertz CT molecular complexity index is 852. The third-order valence-electron chi connectivity index (χ3n) is 4.40. The largest absolute Gasteiger partial charge is 0.346 e. The van der Waals surface area contributed by atoms with Gasteiger partial charge in [-0.3, -0.25) is 19.7 Å². The Kier molecular flexibility index (Phi) is 4.58. The first-order valence-corrected chi connectivity index (χ1v) is 10.0. The van der Waals surface area contributed by atoms with Gasteiger partial charge in [-0.05, 0) is 29.8 Å². The van der Waals surface area contributed by atoms with Crippen LogP contribution >= 0.6 is 7.67 Å². The Morgan fingerprint density at radius 2 is 1.88 bits per heavy atom. The smallest absolute Gasteiger partial charge is 0.301 e. The summed E-state index contributed by atoms with van der Waals surface area (Å²) in [6, 6.07) is 10.4. The molecule has 4 rings (SSSR count). The maximum Gasteiger partial charge on any atom is 0.346 e. The van der Waals surface area contributed by atoms with Crippen molar-refractivity contribution in [2.45, 2.75) is 13.0 Å². The third kappa shape index (κ3) is 3.68. The Labute approximate surface area is 151 Å². The maximum atomic E-state index is 13.0. The molecule has 2 aromatic rings. The quantitative estimate of drug-likeness (QED) is 0.304. The molecular formula is C17H19N4O4P. The summed E-state index contributed by atoms with van der Waals surface area (Å²) < 4.78 is 22.5. The van der Waals surface area contributed by atoms with Crippen molar-refractivity contribution in [2.24, 2.45) is 0 Å². The molecule has 0 bridgehead atoms. The average molecular weight is 374 g/mol. The average Bonchev–Trinajstić information content (AvgIpc) is 3.52. The van der Waals surface area contributed by atoms with Crippen LogP contribution in [0, 0.1) is 10.1 Å². The van der Waals surface area contributed by atoms with Gasteiger partial charge in [0.2, 0.25) is 0 Å². The molecule has 2 fully saturated rings. The molecule has 0 radical (unpaired) electrons. The number of hydrogen-bond donors (Lipinski definition) is 0. The van der Waals surface area contributed by atoms with E-state index in [-0.39, 0.29) is 17.2 Å². The monoisotopic (exact) mass is 374 g/mol. The van der Waals surface area contributed by atoms with E-state index in [0.717, 1.165) is 37.4 Å². The second-order valence-electron chi connectivity index (χ2n) is 6.39. The Hall–Kier alpha value is -2.12. The number of nitro benzene ring substituents is 1. The van der Waals surface area contributed by atoms with Crippen molar-refractivity contribution in [1.82, 2.24) is 14.3 Å². The summed E-state index contributed by atoms with van der Waals surface area (Å²) in [5, 5.41) is 11.3. The van der Waals surface area contributed by atoms with Gasteiger partial charge in [-0.25, -0.2) is 9.34 Å². The highest BCUT2D eigenvalue weighted by Gasteiger charge is 2.49. The molecule has 8 nitrogen and oxygen atoms in total. The molecule has 0 unspecified atom stereocenters. The first-order valence-electron chi connectivity index (χ1n) is 8.48. The molecule has 0 aliphatic carbocycles. The van der Waals surface area contributed by atoms with Crippen LogP contribution < -0.4 is 0 Å². The molecule has 2 aliphatic heterocycles. The van der Waals surface area contributed by atoms with E-state index in [1.807, 2.05) is 21.5 Å². The van der Waals surface area contributed by atoms with Crippen LogP contribution in [0.25, 0.3) is 0 Å². The van der Waals surface area contributed by atoms with Gasteiger partial charge in [-0.15, -0.1) is 0 Å². The summed E-state index contributed by atoms with van der Waals surface area (Å²) in [6.07, 6.45) is 2.03. The van der Waals surface area contributed by atoms with Crippen LogP contribution in [0.15, 0.2) is 42.6 Å². The van der Waals surface area contributed by atoms with Gasteiger partial charge < -0.3 is 4.52 Å². The van der Waals surface area contributed by atoms with E-state index in [0.29, 0.717) is 12.0 Å². The maximum absolute atomic E-state index is 13.0. The minimum atomic E-state index is -2.90. The third-order valence-corrected chi connectivity index (χ3v) is 7.09. The van der Waals surface area contributed by atoms with Crippen LogP contribution in [0.2, 0.25) is 0 Å². The van der Waals surface area contributed by atoms with Crippen molar-refractivity contribution in [1.29, 1.82) is 0 Å². The van der Waals surface area contributed by atoms with E-state index < -0.39 is 7.67 Å². The van der Waals surface area contributed by atoms with E-state index in [2.05, 4.69) is 4.98 Å². The summed E-state index contributed by atoms with van der Waals surface area (Å²) in [5.74, 6) is 0. The molecule has 0 atom stereocenters. The Morgan fingerprint density at radius 3 is 2.46 bits per heavy atom. The van der Waals surface area contributed by atoms with Gasteiger partial charge in [0.25, 0.3) is 5.69 Å². The zero-order chi connectivity index (χ0) is 18.1. The van der Waals surface area contributed by atoms with Crippen molar-refractivity contribution in [3.8, 4) is 0 Å². The van der Waals surface area contributed by atoms with Gasteiger partial charge in [0.1, 0.15) is 0 Å². The second kappa shape index (κ2) is 6.89. The van der Waals surface area contributed by atoms with Gasteiger partial charge in [-0.1, -0.05) is 6.07 Å². The molecule has 9 heteroatoms. The summed E-state index contributed by atoms with van der Waals surface area (Å²) in [4.78, 5) is 15.2. The molecule has 3 heterocycles. The van der Waals surface area contributed by atoms with Crippen LogP contribution in [0.3, 0.4) is 0 Å². The van der Waals surface area contributed by atoms with Gasteiger partial charge >= 0.3 is 7.67 Å². The molecule has 1 aromatic heterocycles. The second-order valence-corrected chi connectivity index (χ2v) is 8.76. The fraction of sp³-hybridized carbons (Fsp3) is 0.353. The first kappa shape index (κ1) is 17.3. The highest BCUT2D eigenvalue weighted by molar-refractivity contribution is 7.54. The zero-order valence-electron chi connectivity index (χ0n) is 14.2. The number of aromatic nitrogens is 1. The molecule has 136 valence electrons. The number of hydrogen-bond acceptors (Lipinski definition) is 5. The Balaban J connectivity index is 1.54. The van der Waals surface area contributed by atoms with E-state index in [4.69, 9.17) is 4.52 Å². The van der Waals surface area contributed by atoms with Crippen LogP contribution in [0.4, 0.5) is 5.69 Å². The fourth-order valence-corrected chi connectivity index (χ4v) is 5.03. The van der Waals surface area contributed by atoms with Gasteiger partial charge in [0, 0.05) is 56.1 Å². The fourth-order valence-electron chi connectivity index (χ4n) is 2.84.